The Hall–Kier alpha value is -2.21. The van der Waals surface area contributed by atoms with Crippen LogP contribution in [0.1, 0.15) is 49.6 Å². The maximum Gasteiger partial charge on any atom is 0.249 e. The third kappa shape index (κ3) is 4.54. The zero-order valence-corrected chi connectivity index (χ0v) is 18.5. The molecule has 162 valence electrons. The van der Waals surface area contributed by atoms with E-state index in [0.717, 1.165) is 37.8 Å². The van der Waals surface area contributed by atoms with Gasteiger partial charge in [-0.25, -0.2) is 0 Å². The standard InChI is InChI=1S/C25H29ClN4O/c26-22-14-8-7-13-21(22)24-27-28-25(31-24)23(19-9-3-1-4-10-19)30-17-15-29(16-18-30)20-11-5-2-6-12-20/h1,3-4,7-10,13-14,20,23H,2,5-6,11-12,15-18H2/t23-/m1/s1. The Balaban J connectivity index is 1.38. The number of nitrogens with zero attached hydrogens (tertiary/aromatic N) is 4. The van der Waals surface area contributed by atoms with Crippen LogP contribution in [-0.2, 0) is 0 Å². The van der Waals surface area contributed by atoms with Crippen LogP contribution in [0.3, 0.4) is 0 Å². The van der Waals surface area contributed by atoms with Gasteiger partial charge in [0.2, 0.25) is 11.8 Å². The van der Waals surface area contributed by atoms with Gasteiger partial charge in [0.1, 0.15) is 6.04 Å². The van der Waals surface area contributed by atoms with Crippen LogP contribution in [0, 0.1) is 0 Å². The number of rotatable bonds is 5. The van der Waals surface area contributed by atoms with Gasteiger partial charge >= 0.3 is 0 Å². The van der Waals surface area contributed by atoms with E-state index in [0.29, 0.717) is 16.8 Å². The second-order valence-electron chi connectivity index (χ2n) is 8.60. The second-order valence-corrected chi connectivity index (χ2v) is 9.01. The molecule has 2 fully saturated rings. The summed E-state index contributed by atoms with van der Waals surface area (Å²) < 4.78 is 6.20. The fraction of sp³-hybridized carbons (Fsp3) is 0.440. The topological polar surface area (TPSA) is 45.4 Å². The minimum Gasteiger partial charge on any atom is -0.419 e. The van der Waals surface area contributed by atoms with E-state index in [4.69, 9.17) is 16.0 Å². The lowest BCUT2D eigenvalue weighted by Crippen LogP contribution is -2.51. The molecule has 0 bridgehead atoms. The monoisotopic (exact) mass is 436 g/mol. The molecule has 2 aliphatic rings. The van der Waals surface area contributed by atoms with Crippen LogP contribution in [0.2, 0.25) is 5.02 Å². The molecule has 0 amide bonds. The van der Waals surface area contributed by atoms with Crippen LogP contribution in [0.4, 0.5) is 0 Å². The molecule has 1 aliphatic heterocycles. The van der Waals surface area contributed by atoms with Gasteiger partial charge < -0.3 is 4.42 Å². The third-order valence-electron chi connectivity index (χ3n) is 6.70. The summed E-state index contributed by atoms with van der Waals surface area (Å²) in [6.45, 7) is 4.19. The van der Waals surface area contributed by atoms with Crippen molar-refractivity contribution in [3.63, 3.8) is 0 Å². The molecule has 1 atom stereocenters. The Morgan fingerprint density at radius 1 is 0.839 bits per heavy atom. The van der Waals surface area contributed by atoms with Crippen molar-refractivity contribution in [3.05, 3.63) is 71.1 Å². The molecule has 5 rings (SSSR count). The summed E-state index contributed by atoms with van der Waals surface area (Å²) in [7, 11) is 0. The molecule has 2 aromatic carbocycles. The Morgan fingerprint density at radius 3 is 2.29 bits per heavy atom. The summed E-state index contributed by atoms with van der Waals surface area (Å²) in [5.41, 5.74) is 1.96. The quantitative estimate of drug-likeness (QED) is 0.533. The van der Waals surface area contributed by atoms with Gasteiger partial charge in [-0.3, -0.25) is 9.80 Å². The van der Waals surface area contributed by atoms with Gasteiger partial charge in [0.15, 0.2) is 0 Å². The van der Waals surface area contributed by atoms with Crippen molar-refractivity contribution in [3.8, 4) is 11.5 Å². The first-order chi connectivity index (χ1) is 15.3. The van der Waals surface area contributed by atoms with E-state index in [9.17, 15) is 0 Å². The summed E-state index contributed by atoms with van der Waals surface area (Å²) in [6.07, 6.45) is 6.87. The van der Waals surface area contributed by atoms with Gasteiger partial charge in [-0.05, 0) is 30.5 Å². The summed E-state index contributed by atoms with van der Waals surface area (Å²) in [6, 6.07) is 18.8. The maximum atomic E-state index is 6.36. The van der Waals surface area contributed by atoms with E-state index >= 15 is 0 Å². The average molecular weight is 437 g/mol. The molecular weight excluding hydrogens is 408 g/mol. The molecule has 2 heterocycles. The average Bonchev–Trinajstić information content (AvgIpc) is 3.31. The van der Waals surface area contributed by atoms with Crippen molar-refractivity contribution < 1.29 is 4.42 Å². The summed E-state index contributed by atoms with van der Waals surface area (Å²) in [4.78, 5) is 5.18. The molecule has 6 heteroatoms. The van der Waals surface area contributed by atoms with E-state index in [1.165, 1.54) is 37.7 Å². The van der Waals surface area contributed by atoms with E-state index in [1.54, 1.807) is 0 Å². The normalized spacial score (nSPS) is 20.0. The molecule has 0 spiro atoms. The third-order valence-corrected chi connectivity index (χ3v) is 7.03. The fourth-order valence-corrected chi connectivity index (χ4v) is 5.26. The van der Waals surface area contributed by atoms with Crippen LogP contribution in [0.25, 0.3) is 11.5 Å². The van der Waals surface area contributed by atoms with E-state index in [2.05, 4.69) is 44.3 Å². The number of hydrogen-bond acceptors (Lipinski definition) is 5. The molecule has 1 saturated carbocycles. The van der Waals surface area contributed by atoms with Gasteiger partial charge in [0, 0.05) is 32.2 Å². The lowest BCUT2D eigenvalue weighted by atomic mass is 9.93. The van der Waals surface area contributed by atoms with Crippen molar-refractivity contribution in [2.24, 2.45) is 0 Å². The maximum absolute atomic E-state index is 6.36. The molecule has 31 heavy (non-hydrogen) atoms. The van der Waals surface area contributed by atoms with Crippen molar-refractivity contribution in [2.45, 2.75) is 44.2 Å². The number of aromatic nitrogens is 2. The Morgan fingerprint density at radius 2 is 1.55 bits per heavy atom. The lowest BCUT2D eigenvalue weighted by molar-refractivity contribution is 0.0591. The number of benzene rings is 2. The number of hydrogen-bond donors (Lipinski definition) is 0. The molecule has 1 saturated heterocycles. The Bertz CT molecular complexity index is 978. The highest BCUT2D eigenvalue weighted by molar-refractivity contribution is 6.33. The summed E-state index contributed by atoms with van der Waals surface area (Å²) in [5, 5.41) is 9.42. The second kappa shape index (κ2) is 9.51. The highest BCUT2D eigenvalue weighted by Crippen LogP contribution is 2.33. The van der Waals surface area contributed by atoms with Crippen LogP contribution < -0.4 is 0 Å². The highest BCUT2D eigenvalue weighted by Gasteiger charge is 2.32. The molecule has 5 nitrogen and oxygen atoms in total. The van der Waals surface area contributed by atoms with Crippen molar-refractivity contribution in [1.29, 1.82) is 0 Å². The summed E-state index contributed by atoms with van der Waals surface area (Å²) >= 11 is 6.36. The van der Waals surface area contributed by atoms with Crippen molar-refractivity contribution in [1.82, 2.24) is 20.0 Å². The van der Waals surface area contributed by atoms with Gasteiger partial charge in [0.25, 0.3) is 0 Å². The predicted molar refractivity (Wildman–Crippen MR) is 123 cm³/mol. The minimum absolute atomic E-state index is 0.0431. The first-order valence-electron chi connectivity index (χ1n) is 11.4. The van der Waals surface area contributed by atoms with E-state index in [-0.39, 0.29) is 6.04 Å². The lowest BCUT2D eigenvalue weighted by Gasteiger charge is -2.42. The van der Waals surface area contributed by atoms with Gasteiger partial charge in [-0.2, -0.15) is 0 Å². The molecule has 0 radical (unpaired) electrons. The molecule has 0 unspecified atom stereocenters. The molecule has 0 N–H and O–H groups in total. The number of halogens is 1. The molecule has 3 aromatic rings. The smallest absolute Gasteiger partial charge is 0.249 e. The Kier molecular flexibility index (Phi) is 6.35. The van der Waals surface area contributed by atoms with Crippen LogP contribution >= 0.6 is 11.6 Å². The van der Waals surface area contributed by atoms with Crippen molar-refractivity contribution in [2.75, 3.05) is 26.2 Å². The zero-order valence-electron chi connectivity index (χ0n) is 17.8. The zero-order chi connectivity index (χ0) is 21.0. The Labute approximate surface area is 189 Å². The predicted octanol–water partition coefficient (Wildman–Crippen LogP) is 5.43. The molecule has 1 aromatic heterocycles. The first-order valence-corrected chi connectivity index (χ1v) is 11.8. The number of piperazine rings is 1. The van der Waals surface area contributed by atoms with Gasteiger partial charge in [-0.15, -0.1) is 10.2 Å². The first kappa shape index (κ1) is 20.7. The highest BCUT2D eigenvalue weighted by atomic mass is 35.5. The van der Waals surface area contributed by atoms with E-state index in [1.807, 2.05) is 30.3 Å². The molecule has 1 aliphatic carbocycles. The minimum atomic E-state index is -0.0431. The van der Waals surface area contributed by atoms with Crippen LogP contribution in [0.5, 0.6) is 0 Å². The SMILES string of the molecule is Clc1ccccc1-c1nnc([C@@H](c2ccccc2)N2CCN(C3CCCCC3)CC2)o1. The largest absolute Gasteiger partial charge is 0.419 e. The van der Waals surface area contributed by atoms with Gasteiger partial charge in [-0.1, -0.05) is 73.3 Å². The molecular formula is C25H29ClN4O. The van der Waals surface area contributed by atoms with E-state index < -0.39 is 0 Å². The van der Waals surface area contributed by atoms with Crippen LogP contribution in [0.15, 0.2) is 59.0 Å². The van der Waals surface area contributed by atoms with Crippen molar-refractivity contribution >= 4 is 11.6 Å². The van der Waals surface area contributed by atoms with Crippen LogP contribution in [-0.4, -0.2) is 52.2 Å². The summed E-state index contributed by atoms with van der Waals surface area (Å²) in [5.74, 6) is 1.11. The fourth-order valence-electron chi connectivity index (χ4n) is 5.04. The van der Waals surface area contributed by atoms with Gasteiger partial charge in [0.05, 0.1) is 10.6 Å².